The molecule has 2 aromatic carbocycles. The molecule has 0 heterocycles. The van der Waals surface area contributed by atoms with Gasteiger partial charge in [-0.3, -0.25) is 19.2 Å². The van der Waals surface area contributed by atoms with Crippen LogP contribution >= 0.6 is 0 Å². The third-order valence-corrected chi connectivity index (χ3v) is 4.78. The Balaban J connectivity index is 1.45. The normalized spacial score (nSPS) is 11.5. The van der Waals surface area contributed by atoms with E-state index in [1.54, 1.807) is 24.3 Å². The predicted octanol–water partition coefficient (Wildman–Crippen LogP) is 1.79. The van der Waals surface area contributed by atoms with E-state index >= 15 is 0 Å². The lowest BCUT2D eigenvalue weighted by Gasteiger charge is -2.08. The highest BCUT2D eigenvalue weighted by Crippen LogP contribution is 2.36. The summed E-state index contributed by atoms with van der Waals surface area (Å²) in [5.74, 6) is -0.888. The van der Waals surface area contributed by atoms with Gasteiger partial charge in [-0.2, -0.15) is 0 Å². The summed E-state index contributed by atoms with van der Waals surface area (Å²) >= 11 is 0. The summed E-state index contributed by atoms with van der Waals surface area (Å²) in [6.45, 7) is 0.819. The Kier molecular flexibility index (Phi) is 6.39. The molecule has 0 aliphatic heterocycles. The van der Waals surface area contributed by atoms with Crippen LogP contribution in [0.1, 0.15) is 52.0 Å². The van der Waals surface area contributed by atoms with Crippen LogP contribution in [0.2, 0.25) is 0 Å². The van der Waals surface area contributed by atoms with Gasteiger partial charge in [0.2, 0.25) is 11.8 Å². The highest BCUT2D eigenvalue weighted by molar-refractivity contribution is 6.22. The Labute approximate surface area is 168 Å². The third kappa shape index (κ3) is 4.87. The molecule has 0 atom stereocenters. The summed E-state index contributed by atoms with van der Waals surface area (Å²) in [6.07, 6.45) is 1.44. The molecule has 150 valence electrons. The molecule has 0 bridgehead atoms. The number of amides is 3. The number of carbonyl (C=O) groups is 4. The fourth-order valence-corrected chi connectivity index (χ4v) is 3.30. The number of nitrogens with one attached hydrogen (secondary N) is 2. The molecule has 4 N–H and O–H groups in total. The van der Waals surface area contributed by atoms with Crippen LogP contribution in [0.25, 0.3) is 11.1 Å². The zero-order valence-corrected chi connectivity index (χ0v) is 16.0. The van der Waals surface area contributed by atoms with Crippen LogP contribution < -0.4 is 16.4 Å². The monoisotopic (exact) mass is 393 g/mol. The van der Waals surface area contributed by atoms with Gasteiger partial charge in [0.25, 0.3) is 5.91 Å². The van der Waals surface area contributed by atoms with Gasteiger partial charge >= 0.3 is 0 Å². The van der Waals surface area contributed by atoms with Crippen molar-refractivity contribution in [1.29, 1.82) is 0 Å². The van der Waals surface area contributed by atoms with Crippen molar-refractivity contribution in [2.75, 3.05) is 13.1 Å². The number of fused-ring (bicyclic) bond motifs is 3. The number of rotatable bonds is 9. The van der Waals surface area contributed by atoms with Crippen molar-refractivity contribution in [2.45, 2.75) is 25.7 Å². The molecule has 0 aromatic heterocycles. The van der Waals surface area contributed by atoms with E-state index in [4.69, 9.17) is 5.73 Å². The molecule has 1 aliphatic rings. The minimum absolute atomic E-state index is 0.0655. The van der Waals surface area contributed by atoms with Crippen molar-refractivity contribution < 1.29 is 19.2 Å². The van der Waals surface area contributed by atoms with Crippen molar-refractivity contribution in [1.82, 2.24) is 10.6 Å². The maximum atomic E-state index is 12.5. The van der Waals surface area contributed by atoms with Crippen LogP contribution in [0.3, 0.4) is 0 Å². The molecule has 0 saturated carbocycles. The van der Waals surface area contributed by atoms with Crippen LogP contribution in [0.15, 0.2) is 42.5 Å². The SMILES string of the molecule is NC(=O)CCCC(=O)NCCCNC(=O)c1ccc2c(c1)C(=O)c1ccccc1-2. The largest absolute Gasteiger partial charge is 0.370 e. The molecule has 0 unspecified atom stereocenters. The number of ketones is 1. The minimum atomic E-state index is -0.419. The Morgan fingerprint density at radius 3 is 2.24 bits per heavy atom. The van der Waals surface area contributed by atoms with Gasteiger partial charge in [0.1, 0.15) is 0 Å². The van der Waals surface area contributed by atoms with E-state index in [2.05, 4.69) is 10.6 Å². The fraction of sp³-hybridized carbons (Fsp3) is 0.273. The van der Waals surface area contributed by atoms with Gasteiger partial charge < -0.3 is 16.4 Å². The van der Waals surface area contributed by atoms with E-state index in [0.717, 1.165) is 11.1 Å². The number of benzene rings is 2. The van der Waals surface area contributed by atoms with Crippen molar-refractivity contribution in [2.24, 2.45) is 5.73 Å². The molecule has 7 nitrogen and oxygen atoms in total. The van der Waals surface area contributed by atoms with E-state index < -0.39 is 5.91 Å². The number of hydrogen-bond acceptors (Lipinski definition) is 4. The Bertz CT molecular complexity index is 968. The smallest absolute Gasteiger partial charge is 0.251 e. The zero-order chi connectivity index (χ0) is 20.8. The topological polar surface area (TPSA) is 118 Å². The molecule has 0 radical (unpaired) electrons. The van der Waals surface area contributed by atoms with E-state index in [9.17, 15) is 19.2 Å². The third-order valence-electron chi connectivity index (χ3n) is 4.78. The Morgan fingerprint density at radius 1 is 0.793 bits per heavy atom. The summed E-state index contributed by atoms with van der Waals surface area (Å²) in [5, 5.41) is 5.53. The number of carbonyl (C=O) groups excluding carboxylic acids is 4. The lowest BCUT2D eigenvalue weighted by molar-refractivity contribution is -0.121. The van der Waals surface area contributed by atoms with Crippen LogP contribution in [0.4, 0.5) is 0 Å². The van der Waals surface area contributed by atoms with Gasteiger partial charge in [-0.1, -0.05) is 30.3 Å². The average molecular weight is 393 g/mol. The quantitative estimate of drug-likeness (QED) is 0.480. The van der Waals surface area contributed by atoms with E-state index in [1.165, 1.54) is 0 Å². The standard InChI is InChI=1S/C22H23N3O4/c23-19(26)7-3-8-20(27)24-11-4-12-25-22(29)14-9-10-16-15-5-1-2-6-17(15)21(28)18(16)13-14/h1-2,5-6,9-10,13H,3-4,7-8,11-12H2,(H2,23,26)(H,24,27)(H,25,29). The van der Waals surface area contributed by atoms with Gasteiger partial charge in [0, 0.05) is 42.6 Å². The molecule has 1 aliphatic carbocycles. The van der Waals surface area contributed by atoms with Crippen LogP contribution in [-0.4, -0.2) is 36.6 Å². The van der Waals surface area contributed by atoms with Crippen LogP contribution in [0.5, 0.6) is 0 Å². The highest BCUT2D eigenvalue weighted by atomic mass is 16.2. The predicted molar refractivity (Wildman–Crippen MR) is 108 cm³/mol. The second-order valence-electron chi connectivity index (χ2n) is 6.91. The molecule has 2 aromatic rings. The van der Waals surface area contributed by atoms with Gasteiger partial charge in [0.05, 0.1) is 0 Å². The maximum Gasteiger partial charge on any atom is 0.251 e. The van der Waals surface area contributed by atoms with Crippen LogP contribution in [-0.2, 0) is 9.59 Å². The first kappa shape index (κ1) is 20.3. The molecular formula is C22H23N3O4. The zero-order valence-electron chi connectivity index (χ0n) is 16.0. The summed E-state index contributed by atoms with van der Waals surface area (Å²) in [7, 11) is 0. The molecule has 0 spiro atoms. The van der Waals surface area contributed by atoms with E-state index in [0.29, 0.717) is 42.6 Å². The van der Waals surface area contributed by atoms with Gasteiger partial charge in [-0.05, 0) is 36.1 Å². The average Bonchev–Trinajstić information content (AvgIpc) is 2.99. The first-order valence-corrected chi connectivity index (χ1v) is 9.58. The summed E-state index contributed by atoms with van der Waals surface area (Å²) < 4.78 is 0. The second kappa shape index (κ2) is 9.14. The molecule has 0 saturated heterocycles. The lowest BCUT2D eigenvalue weighted by Crippen LogP contribution is -2.30. The second-order valence-corrected chi connectivity index (χ2v) is 6.91. The number of hydrogen-bond donors (Lipinski definition) is 3. The first-order valence-electron chi connectivity index (χ1n) is 9.58. The first-order chi connectivity index (χ1) is 14.0. The minimum Gasteiger partial charge on any atom is -0.370 e. The highest BCUT2D eigenvalue weighted by Gasteiger charge is 2.26. The van der Waals surface area contributed by atoms with Crippen molar-refractivity contribution in [3.8, 4) is 11.1 Å². The van der Waals surface area contributed by atoms with Gasteiger partial charge in [-0.25, -0.2) is 0 Å². The van der Waals surface area contributed by atoms with Gasteiger partial charge in [-0.15, -0.1) is 0 Å². The van der Waals surface area contributed by atoms with Crippen molar-refractivity contribution in [3.63, 3.8) is 0 Å². The Morgan fingerprint density at radius 2 is 1.48 bits per heavy atom. The van der Waals surface area contributed by atoms with Crippen molar-refractivity contribution in [3.05, 3.63) is 59.2 Å². The number of primary amides is 1. The molecular weight excluding hydrogens is 370 g/mol. The lowest BCUT2D eigenvalue weighted by atomic mass is 10.0. The summed E-state index contributed by atoms with van der Waals surface area (Å²) in [5.41, 5.74) is 8.40. The molecule has 29 heavy (non-hydrogen) atoms. The summed E-state index contributed by atoms with van der Waals surface area (Å²) in [6, 6.07) is 12.6. The van der Waals surface area contributed by atoms with Crippen molar-refractivity contribution >= 4 is 23.5 Å². The fourth-order valence-electron chi connectivity index (χ4n) is 3.30. The van der Waals surface area contributed by atoms with Gasteiger partial charge in [0.15, 0.2) is 5.78 Å². The molecule has 3 amide bonds. The summed E-state index contributed by atoms with van der Waals surface area (Å²) in [4.78, 5) is 47.1. The van der Waals surface area contributed by atoms with Crippen LogP contribution in [0, 0.1) is 0 Å². The Hall–Kier alpha value is -3.48. The van der Waals surface area contributed by atoms with E-state index in [1.807, 2.05) is 18.2 Å². The number of nitrogens with two attached hydrogens (primary N) is 1. The molecule has 3 rings (SSSR count). The maximum absolute atomic E-state index is 12.5. The molecule has 7 heteroatoms. The van der Waals surface area contributed by atoms with E-state index in [-0.39, 0.29) is 30.4 Å². The molecule has 0 fully saturated rings.